The SMILES string of the molecule is CCOC(=O)CCC(=O)OC(C)OC(=O)C(Cc1cccc(S(C)(=O)=O)c1)NC(=O)c1c(Cl)cc2c(c1Cl)CCN(C(=O)c1ccc3ccoc3c1)C2. The Balaban J connectivity index is 1.34. The zero-order chi connectivity index (χ0) is 38.4. The van der Waals surface area contributed by atoms with Crippen LogP contribution in [-0.4, -0.2) is 74.8 Å². The van der Waals surface area contributed by atoms with Gasteiger partial charge in [-0.2, -0.15) is 0 Å². The first-order valence-corrected chi connectivity index (χ1v) is 19.2. The van der Waals surface area contributed by atoms with E-state index in [9.17, 15) is 32.4 Å². The van der Waals surface area contributed by atoms with Crippen molar-refractivity contribution in [3.63, 3.8) is 0 Å². The lowest BCUT2D eigenvalue weighted by Gasteiger charge is -2.30. The molecular formula is C37H36Cl2N2O11S. The van der Waals surface area contributed by atoms with Crippen molar-refractivity contribution in [3.05, 3.63) is 98.7 Å². The van der Waals surface area contributed by atoms with Gasteiger partial charge in [-0.3, -0.25) is 19.2 Å². The van der Waals surface area contributed by atoms with Crippen LogP contribution in [0.2, 0.25) is 10.0 Å². The lowest BCUT2D eigenvalue weighted by molar-refractivity contribution is -0.186. The van der Waals surface area contributed by atoms with Gasteiger partial charge in [-0.05, 0) is 66.4 Å². The van der Waals surface area contributed by atoms with Gasteiger partial charge in [-0.25, -0.2) is 13.2 Å². The Labute approximate surface area is 315 Å². The number of nitrogens with zero attached hydrogens (tertiary/aromatic N) is 1. The van der Waals surface area contributed by atoms with E-state index >= 15 is 0 Å². The van der Waals surface area contributed by atoms with Crippen LogP contribution >= 0.6 is 23.2 Å². The fourth-order valence-electron chi connectivity index (χ4n) is 5.82. The molecule has 1 aromatic heterocycles. The fourth-order valence-corrected chi connectivity index (χ4v) is 7.27. The van der Waals surface area contributed by atoms with Crippen molar-refractivity contribution in [2.45, 2.75) is 63.3 Å². The molecule has 1 aliphatic heterocycles. The molecule has 280 valence electrons. The summed E-state index contributed by atoms with van der Waals surface area (Å²) in [6.45, 7) is 3.53. The second-order valence-corrected chi connectivity index (χ2v) is 15.1. The molecule has 0 aliphatic carbocycles. The Hall–Kier alpha value is -4.92. The summed E-state index contributed by atoms with van der Waals surface area (Å²) in [7, 11) is -3.60. The number of nitrogens with one attached hydrogen (secondary N) is 1. The number of halogens is 2. The third kappa shape index (κ3) is 9.75. The fraction of sp³-hybridized carbons (Fsp3) is 0.324. The van der Waals surface area contributed by atoms with E-state index < -0.39 is 46.0 Å². The van der Waals surface area contributed by atoms with Crippen molar-refractivity contribution in [2.75, 3.05) is 19.4 Å². The van der Waals surface area contributed by atoms with E-state index in [1.165, 1.54) is 25.1 Å². The lowest BCUT2D eigenvalue weighted by atomic mass is 9.95. The molecule has 0 saturated heterocycles. The van der Waals surface area contributed by atoms with Crippen molar-refractivity contribution in [3.8, 4) is 0 Å². The highest BCUT2D eigenvalue weighted by Crippen LogP contribution is 2.35. The van der Waals surface area contributed by atoms with Crippen LogP contribution in [0.5, 0.6) is 0 Å². The molecule has 4 aromatic rings. The molecule has 2 heterocycles. The number of carbonyl (C=O) groups is 5. The maximum absolute atomic E-state index is 13.8. The van der Waals surface area contributed by atoms with Gasteiger partial charge in [0.2, 0.25) is 6.29 Å². The molecule has 2 atom stereocenters. The third-order valence-corrected chi connectivity index (χ3v) is 10.2. The molecule has 0 saturated carbocycles. The second kappa shape index (κ2) is 16.8. The smallest absolute Gasteiger partial charge is 0.332 e. The summed E-state index contributed by atoms with van der Waals surface area (Å²) < 4.78 is 45.1. The first-order chi connectivity index (χ1) is 25.1. The molecule has 1 N–H and O–H groups in total. The van der Waals surface area contributed by atoms with E-state index in [-0.39, 0.29) is 58.8 Å². The highest BCUT2D eigenvalue weighted by Gasteiger charge is 2.31. The Morgan fingerprint density at radius 2 is 1.74 bits per heavy atom. The summed E-state index contributed by atoms with van der Waals surface area (Å²) in [6.07, 6.45) is 0.698. The average molecular weight is 788 g/mol. The predicted molar refractivity (Wildman–Crippen MR) is 193 cm³/mol. The van der Waals surface area contributed by atoms with E-state index in [1.807, 2.05) is 0 Å². The highest BCUT2D eigenvalue weighted by atomic mass is 35.5. The van der Waals surface area contributed by atoms with Crippen molar-refractivity contribution in [1.29, 1.82) is 0 Å². The van der Waals surface area contributed by atoms with Gasteiger partial charge in [-0.15, -0.1) is 0 Å². The van der Waals surface area contributed by atoms with Gasteiger partial charge in [0.1, 0.15) is 11.6 Å². The van der Waals surface area contributed by atoms with Crippen LogP contribution in [0, 0.1) is 0 Å². The number of sulfone groups is 1. The molecular weight excluding hydrogens is 751 g/mol. The number of carbonyl (C=O) groups excluding carboxylic acids is 5. The number of amides is 2. The topological polar surface area (TPSA) is 176 Å². The van der Waals surface area contributed by atoms with Crippen molar-refractivity contribution >= 4 is 73.7 Å². The van der Waals surface area contributed by atoms with Crippen molar-refractivity contribution < 1.29 is 51.0 Å². The number of benzene rings is 3. The first-order valence-electron chi connectivity index (χ1n) is 16.6. The maximum atomic E-state index is 13.8. The first kappa shape index (κ1) is 39.3. The van der Waals surface area contributed by atoms with Crippen LogP contribution in [-0.2, 0) is 57.8 Å². The van der Waals surface area contributed by atoms with Crippen LogP contribution in [0.1, 0.15) is 64.1 Å². The Morgan fingerprint density at radius 3 is 2.47 bits per heavy atom. The summed E-state index contributed by atoms with van der Waals surface area (Å²) in [6, 6.07) is 12.9. The zero-order valence-electron chi connectivity index (χ0n) is 29.0. The van der Waals surface area contributed by atoms with Crippen LogP contribution in [0.4, 0.5) is 0 Å². The molecule has 16 heteroatoms. The van der Waals surface area contributed by atoms with Crippen molar-refractivity contribution in [2.24, 2.45) is 0 Å². The molecule has 0 radical (unpaired) electrons. The highest BCUT2D eigenvalue weighted by molar-refractivity contribution is 7.90. The second-order valence-electron chi connectivity index (χ2n) is 12.3. The number of fused-ring (bicyclic) bond motifs is 2. The number of hydrogen-bond donors (Lipinski definition) is 1. The standard InChI is InChI=1S/C37H36Cl2N2O11S/c1-4-49-31(42)10-11-32(43)51-21(2)52-37(46)29(17-22-6-5-7-26(16-22)53(3,47)48)40-35(44)33-28(38)18-25-20-41(14-12-27(25)34(33)39)36(45)24-9-8-23-13-15-50-30(23)19-24/h5-9,13,15-16,18-19,21,29H,4,10-12,14,17,20H2,1-3H3,(H,40,44). The van der Waals surface area contributed by atoms with E-state index in [2.05, 4.69) is 5.32 Å². The zero-order valence-corrected chi connectivity index (χ0v) is 31.3. The summed E-state index contributed by atoms with van der Waals surface area (Å²) in [5.41, 5.74) is 2.54. The molecule has 3 aromatic carbocycles. The molecule has 0 fully saturated rings. The Kier molecular flexibility index (Phi) is 12.5. The molecule has 2 amide bonds. The van der Waals surface area contributed by atoms with E-state index in [4.69, 9.17) is 41.8 Å². The summed E-state index contributed by atoms with van der Waals surface area (Å²) in [4.78, 5) is 66.2. The predicted octanol–water partition coefficient (Wildman–Crippen LogP) is 5.46. The van der Waals surface area contributed by atoms with Gasteiger partial charge in [0, 0.05) is 43.6 Å². The number of ether oxygens (including phenoxy) is 3. The van der Waals surface area contributed by atoms with Gasteiger partial charge >= 0.3 is 17.9 Å². The molecule has 1 aliphatic rings. The molecule has 2 unspecified atom stereocenters. The summed E-state index contributed by atoms with van der Waals surface area (Å²) in [5, 5.41) is 3.48. The van der Waals surface area contributed by atoms with Gasteiger partial charge in [0.15, 0.2) is 9.84 Å². The Morgan fingerprint density at radius 1 is 0.981 bits per heavy atom. The Bertz CT molecular complexity index is 2180. The summed E-state index contributed by atoms with van der Waals surface area (Å²) in [5.74, 6) is -3.48. The minimum Gasteiger partial charge on any atom is -0.466 e. The molecule has 0 spiro atoms. The molecule has 0 bridgehead atoms. The van der Waals surface area contributed by atoms with Gasteiger partial charge in [0.25, 0.3) is 11.8 Å². The van der Waals surface area contributed by atoms with Gasteiger partial charge in [-0.1, -0.05) is 41.4 Å². The van der Waals surface area contributed by atoms with E-state index in [0.29, 0.717) is 40.8 Å². The van der Waals surface area contributed by atoms with Crippen molar-refractivity contribution in [1.82, 2.24) is 10.2 Å². The number of furan rings is 1. The number of rotatable bonds is 13. The van der Waals surface area contributed by atoms with Crippen LogP contribution < -0.4 is 5.32 Å². The molecule has 53 heavy (non-hydrogen) atoms. The number of hydrogen-bond acceptors (Lipinski definition) is 11. The lowest BCUT2D eigenvalue weighted by Crippen LogP contribution is -2.45. The van der Waals surface area contributed by atoms with Crippen LogP contribution in [0.15, 0.2) is 70.2 Å². The van der Waals surface area contributed by atoms with Gasteiger partial charge < -0.3 is 28.8 Å². The number of esters is 3. The maximum Gasteiger partial charge on any atom is 0.332 e. The normalized spacial score (nSPS) is 13.8. The minimum atomic E-state index is -3.60. The van der Waals surface area contributed by atoms with Crippen LogP contribution in [0.25, 0.3) is 11.0 Å². The van der Waals surface area contributed by atoms with E-state index in [0.717, 1.165) is 11.6 Å². The van der Waals surface area contributed by atoms with Gasteiger partial charge in [0.05, 0.1) is 46.2 Å². The minimum absolute atomic E-state index is 0.00726. The largest absolute Gasteiger partial charge is 0.466 e. The van der Waals surface area contributed by atoms with Crippen LogP contribution in [0.3, 0.4) is 0 Å². The monoisotopic (exact) mass is 786 g/mol. The molecule has 13 nitrogen and oxygen atoms in total. The average Bonchev–Trinajstić information content (AvgIpc) is 3.58. The molecule has 5 rings (SSSR count). The summed E-state index contributed by atoms with van der Waals surface area (Å²) >= 11 is 13.4. The van der Waals surface area contributed by atoms with E-state index in [1.54, 1.807) is 54.5 Å². The quantitative estimate of drug-likeness (QED) is 0.135. The third-order valence-electron chi connectivity index (χ3n) is 8.40.